The molecule has 1 unspecified atom stereocenters. The van der Waals surface area contributed by atoms with Crippen LogP contribution in [0.2, 0.25) is 0 Å². The summed E-state index contributed by atoms with van der Waals surface area (Å²) < 4.78 is 5.17. The van der Waals surface area contributed by atoms with Gasteiger partial charge in [0.05, 0.1) is 0 Å². The number of esters is 1. The Morgan fingerprint density at radius 2 is 1.79 bits per heavy atom. The highest BCUT2D eigenvalue weighted by Gasteiger charge is 2.08. The molecule has 1 aromatic carbocycles. The lowest BCUT2D eigenvalue weighted by molar-refractivity contribution is -0.144. The lowest BCUT2D eigenvalue weighted by Gasteiger charge is -2.17. The summed E-state index contributed by atoms with van der Waals surface area (Å²) in [7, 11) is 0. The maximum atomic E-state index is 11.1. The average molecular weight is 263 g/mol. The Bertz CT molecular complexity index is 373. The van der Waals surface area contributed by atoms with Crippen LogP contribution >= 0.6 is 0 Å². The lowest BCUT2D eigenvalue weighted by Crippen LogP contribution is -2.33. The third-order valence-corrected chi connectivity index (χ3v) is 3.25. The second kappa shape index (κ2) is 8.70. The van der Waals surface area contributed by atoms with Crippen molar-refractivity contribution < 1.29 is 9.53 Å². The van der Waals surface area contributed by atoms with Crippen molar-refractivity contribution in [3.8, 4) is 0 Å². The van der Waals surface area contributed by atoms with Gasteiger partial charge in [0, 0.05) is 19.0 Å². The van der Waals surface area contributed by atoms with Gasteiger partial charge >= 0.3 is 5.97 Å². The zero-order chi connectivity index (χ0) is 14.1. The summed E-state index contributed by atoms with van der Waals surface area (Å²) in [6.07, 6.45) is 2.46. The fraction of sp³-hybridized carbons (Fsp3) is 0.562. The predicted octanol–water partition coefficient (Wildman–Crippen LogP) is 3.07. The molecule has 0 saturated carbocycles. The molecule has 0 aromatic heterocycles. The van der Waals surface area contributed by atoms with Crippen molar-refractivity contribution in [3.63, 3.8) is 0 Å². The predicted molar refractivity (Wildman–Crippen MR) is 78.0 cm³/mol. The molecule has 0 saturated heterocycles. The molecule has 0 fully saturated rings. The van der Waals surface area contributed by atoms with Crippen molar-refractivity contribution in [3.05, 3.63) is 35.4 Å². The number of ether oxygens (including phenoxy) is 1. The molecule has 106 valence electrons. The van der Waals surface area contributed by atoms with Gasteiger partial charge in [0.1, 0.15) is 6.61 Å². The van der Waals surface area contributed by atoms with Crippen LogP contribution in [0, 0.1) is 0 Å². The summed E-state index contributed by atoms with van der Waals surface area (Å²) in [5.41, 5.74) is 2.62. The first kappa shape index (κ1) is 15.7. The first-order valence-electron chi connectivity index (χ1n) is 7.16. The summed E-state index contributed by atoms with van der Waals surface area (Å²) in [5.74, 6) is -0.132. The number of nitrogens with one attached hydrogen (secondary N) is 1. The van der Waals surface area contributed by atoms with Crippen LogP contribution in [0.15, 0.2) is 24.3 Å². The number of benzene rings is 1. The number of carbonyl (C=O) groups is 1. The maximum Gasteiger partial charge on any atom is 0.305 e. The van der Waals surface area contributed by atoms with Gasteiger partial charge in [-0.3, -0.25) is 4.79 Å². The van der Waals surface area contributed by atoms with Crippen molar-refractivity contribution in [2.24, 2.45) is 0 Å². The molecule has 1 atom stereocenters. The molecule has 0 aliphatic carbocycles. The maximum absolute atomic E-state index is 11.1. The summed E-state index contributed by atoms with van der Waals surface area (Å²) >= 11 is 0. The Kier molecular flexibility index (Phi) is 7.19. The van der Waals surface area contributed by atoms with E-state index in [9.17, 15) is 4.79 Å². The minimum absolute atomic E-state index is 0.132. The molecule has 1 rings (SSSR count). The molecule has 0 aliphatic heterocycles. The third kappa shape index (κ3) is 5.88. The zero-order valence-electron chi connectivity index (χ0n) is 12.2. The number of rotatable bonds is 8. The van der Waals surface area contributed by atoms with E-state index in [-0.39, 0.29) is 12.0 Å². The molecule has 0 spiro atoms. The Labute approximate surface area is 116 Å². The van der Waals surface area contributed by atoms with Crippen molar-refractivity contribution in [2.75, 3.05) is 6.61 Å². The fourth-order valence-corrected chi connectivity index (χ4v) is 1.77. The first-order valence-corrected chi connectivity index (χ1v) is 7.16. The Balaban J connectivity index is 2.37. The van der Waals surface area contributed by atoms with Crippen LogP contribution in [-0.2, 0) is 22.5 Å². The first-order chi connectivity index (χ1) is 9.19. The largest absolute Gasteiger partial charge is 0.464 e. The topological polar surface area (TPSA) is 38.3 Å². The van der Waals surface area contributed by atoms with Crippen molar-refractivity contribution >= 4 is 5.97 Å². The summed E-state index contributed by atoms with van der Waals surface area (Å²) in [6.45, 7) is 7.33. The molecule has 0 aliphatic rings. The quantitative estimate of drug-likeness (QED) is 0.733. The van der Waals surface area contributed by atoms with E-state index in [2.05, 4.69) is 43.4 Å². The van der Waals surface area contributed by atoms with Gasteiger partial charge in [0.2, 0.25) is 0 Å². The standard InChI is InChI=1S/C16H25NO2/c1-4-13-7-9-14(10-8-13)11-17-15(5-2)12-19-16(18)6-3/h7-10,15,17H,4-6,11-12H2,1-3H3. The second-order valence-electron chi connectivity index (χ2n) is 4.69. The van der Waals surface area contributed by atoms with Gasteiger partial charge in [0.15, 0.2) is 0 Å². The van der Waals surface area contributed by atoms with E-state index < -0.39 is 0 Å². The summed E-state index contributed by atoms with van der Waals surface area (Å²) in [5, 5.41) is 3.43. The zero-order valence-corrected chi connectivity index (χ0v) is 12.2. The normalized spacial score (nSPS) is 12.2. The van der Waals surface area contributed by atoms with Crippen molar-refractivity contribution in [1.82, 2.24) is 5.32 Å². The van der Waals surface area contributed by atoms with Crippen molar-refractivity contribution in [1.29, 1.82) is 0 Å². The Morgan fingerprint density at radius 3 is 2.32 bits per heavy atom. The van der Waals surface area contributed by atoms with Gasteiger partial charge in [-0.05, 0) is 24.0 Å². The van der Waals surface area contributed by atoms with Crippen LogP contribution in [0.5, 0.6) is 0 Å². The van der Waals surface area contributed by atoms with Crippen LogP contribution < -0.4 is 5.32 Å². The van der Waals surface area contributed by atoms with Gasteiger partial charge in [-0.25, -0.2) is 0 Å². The molecule has 0 radical (unpaired) electrons. The van der Waals surface area contributed by atoms with Crippen LogP contribution in [0.4, 0.5) is 0 Å². The van der Waals surface area contributed by atoms with E-state index >= 15 is 0 Å². The van der Waals surface area contributed by atoms with Gasteiger partial charge in [-0.1, -0.05) is 45.0 Å². The van der Waals surface area contributed by atoms with Gasteiger partial charge in [0.25, 0.3) is 0 Å². The van der Waals surface area contributed by atoms with Crippen LogP contribution in [0.1, 0.15) is 44.7 Å². The minimum Gasteiger partial charge on any atom is -0.464 e. The molecule has 0 amide bonds. The molecule has 1 N–H and O–H groups in total. The molecule has 0 bridgehead atoms. The van der Waals surface area contributed by atoms with Gasteiger partial charge < -0.3 is 10.1 Å². The summed E-state index contributed by atoms with van der Waals surface area (Å²) in [4.78, 5) is 11.1. The molecule has 3 heteroatoms. The van der Waals surface area contributed by atoms with E-state index in [1.807, 2.05) is 6.92 Å². The molecule has 19 heavy (non-hydrogen) atoms. The number of hydrogen-bond acceptors (Lipinski definition) is 3. The van der Waals surface area contributed by atoms with Gasteiger partial charge in [-0.2, -0.15) is 0 Å². The highest BCUT2D eigenvalue weighted by atomic mass is 16.5. The molecular weight excluding hydrogens is 238 g/mol. The van der Waals surface area contributed by atoms with E-state index in [1.54, 1.807) is 0 Å². The van der Waals surface area contributed by atoms with Crippen LogP contribution in [-0.4, -0.2) is 18.6 Å². The fourth-order valence-electron chi connectivity index (χ4n) is 1.77. The van der Waals surface area contributed by atoms with Crippen molar-refractivity contribution in [2.45, 2.75) is 52.6 Å². The summed E-state index contributed by atoms with van der Waals surface area (Å²) in [6, 6.07) is 8.85. The highest BCUT2D eigenvalue weighted by molar-refractivity contribution is 5.68. The van der Waals surface area contributed by atoms with E-state index in [0.717, 1.165) is 19.4 Å². The van der Waals surface area contributed by atoms with Crippen LogP contribution in [0.3, 0.4) is 0 Å². The Morgan fingerprint density at radius 1 is 1.16 bits per heavy atom. The second-order valence-corrected chi connectivity index (χ2v) is 4.69. The number of carbonyl (C=O) groups excluding carboxylic acids is 1. The van der Waals surface area contributed by atoms with Crippen LogP contribution in [0.25, 0.3) is 0 Å². The molecular formula is C16H25NO2. The number of hydrogen-bond donors (Lipinski definition) is 1. The van der Waals surface area contributed by atoms with E-state index in [1.165, 1.54) is 11.1 Å². The third-order valence-electron chi connectivity index (χ3n) is 3.25. The van der Waals surface area contributed by atoms with E-state index in [4.69, 9.17) is 4.74 Å². The number of aryl methyl sites for hydroxylation is 1. The molecule has 0 heterocycles. The molecule has 3 nitrogen and oxygen atoms in total. The monoisotopic (exact) mass is 263 g/mol. The highest BCUT2D eigenvalue weighted by Crippen LogP contribution is 2.05. The minimum atomic E-state index is -0.132. The average Bonchev–Trinajstić information content (AvgIpc) is 2.47. The SMILES string of the molecule is CCC(=O)OCC(CC)NCc1ccc(CC)cc1. The lowest BCUT2D eigenvalue weighted by atomic mass is 10.1. The Hall–Kier alpha value is -1.35. The smallest absolute Gasteiger partial charge is 0.305 e. The molecule has 1 aromatic rings. The van der Waals surface area contributed by atoms with Gasteiger partial charge in [-0.15, -0.1) is 0 Å². The van der Waals surface area contributed by atoms with E-state index in [0.29, 0.717) is 13.0 Å².